The monoisotopic (exact) mass is 258 g/mol. The lowest BCUT2D eigenvalue weighted by molar-refractivity contribution is -0.142. The van der Waals surface area contributed by atoms with E-state index in [1.165, 1.54) is 12.3 Å². The second-order valence-electron chi connectivity index (χ2n) is 4.84. The lowest BCUT2D eigenvalue weighted by Crippen LogP contribution is -2.49. The molecule has 94 valence electrons. The average molecular weight is 259 g/mol. The van der Waals surface area contributed by atoms with Gasteiger partial charge in [0.25, 0.3) is 5.91 Å². The van der Waals surface area contributed by atoms with Crippen molar-refractivity contribution in [1.29, 1.82) is 0 Å². The number of carbonyl (C=O) groups excluding carboxylic acids is 1. The number of carbonyl (C=O) groups is 2. The summed E-state index contributed by atoms with van der Waals surface area (Å²) in [7, 11) is 0. The molecule has 0 saturated carbocycles. The molecule has 1 rings (SSSR count). The normalized spacial score (nSPS) is 13.2. The first-order valence-electron chi connectivity index (χ1n) is 5.09. The Labute approximate surface area is 104 Å². The van der Waals surface area contributed by atoms with E-state index in [4.69, 9.17) is 16.7 Å². The van der Waals surface area contributed by atoms with Crippen molar-refractivity contribution in [3.8, 4) is 0 Å². The molecule has 0 bridgehead atoms. The van der Waals surface area contributed by atoms with Crippen molar-refractivity contribution in [2.45, 2.75) is 26.8 Å². The highest BCUT2D eigenvalue weighted by Crippen LogP contribution is 2.20. The van der Waals surface area contributed by atoms with Crippen LogP contribution < -0.4 is 5.32 Å². The van der Waals surface area contributed by atoms with Crippen molar-refractivity contribution < 1.29 is 14.7 Å². The molecule has 0 radical (unpaired) electrons. The van der Waals surface area contributed by atoms with Crippen LogP contribution in [0.1, 0.15) is 31.3 Å². The predicted octanol–water partition coefficient (Wildman–Crippen LogP) is 1.90. The number of aromatic nitrogens is 1. The number of rotatable bonds is 3. The summed E-state index contributed by atoms with van der Waals surface area (Å²) in [5.41, 5.74) is -0.330. The highest BCUT2D eigenvalue weighted by atomic mass is 35.5. The van der Waals surface area contributed by atoms with Crippen molar-refractivity contribution in [2.24, 2.45) is 5.41 Å². The molecule has 0 aliphatic heterocycles. The largest absolute Gasteiger partial charge is 0.480 e. The van der Waals surface area contributed by atoms with Gasteiger partial charge >= 0.3 is 5.97 Å². The van der Waals surface area contributed by atoms with Crippen LogP contribution in [0.5, 0.6) is 0 Å². The summed E-state index contributed by atoms with van der Waals surface area (Å²) in [5, 5.41) is 11.9. The number of carboxylic acid groups (broad SMARTS) is 1. The first-order chi connectivity index (χ1) is 7.71. The van der Waals surface area contributed by atoms with Crippen molar-refractivity contribution in [3.63, 3.8) is 0 Å². The van der Waals surface area contributed by atoms with Crippen molar-refractivity contribution >= 4 is 23.5 Å². The Morgan fingerprint density at radius 2 is 2.06 bits per heavy atom. The van der Waals surface area contributed by atoms with Crippen molar-refractivity contribution in [1.82, 2.24) is 10.3 Å². The number of carboxylic acids is 1. The fraction of sp³-hybridized carbons (Fsp3) is 0.455. The van der Waals surface area contributed by atoms with Crippen LogP contribution in [0.4, 0.5) is 0 Å². The number of aromatic amines is 1. The predicted molar refractivity (Wildman–Crippen MR) is 64.1 cm³/mol. The van der Waals surface area contributed by atoms with Gasteiger partial charge in [-0.3, -0.25) is 4.79 Å². The molecule has 1 aromatic rings. The van der Waals surface area contributed by atoms with Gasteiger partial charge in [-0.1, -0.05) is 32.4 Å². The van der Waals surface area contributed by atoms with Crippen LogP contribution in [0, 0.1) is 5.41 Å². The summed E-state index contributed by atoms with van der Waals surface area (Å²) in [4.78, 5) is 25.5. The molecular formula is C11H15ClN2O3. The number of aliphatic carboxylic acids is 1. The van der Waals surface area contributed by atoms with Gasteiger partial charge in [0.1, 0.15) is 11.7 Å². The van der Waals surface area contributed by atoms with Gasteiger partial charge in [-0.05, 0) is 11.5 Å². The Kier molecular flexibility index (Phi) is 3.83. The van der Waals surface area contributed by atoms with E-state index in [0.29, 0.717) is 5.02 Å². The zero-order chi connectivity index (χ0) is 13.2. The van der Waals surface area contributed by atoms with E-state index in [-0.39, 0.29) is 5.69 Å². The minimum Gasteiger partial charge on any atom is -0.480 e. The Bertz CT molecular complexity index is 434. The van der Waals surface area contributed by atoms with Crippen molar-refractivity contribution in [3.05, 3.63) is 23.0 Å². The van der Waals surface area contributed by atoms with E-state index >= 15 is 0 Å². The van der Waals surface area contributed by atoms with Crippen LogP contribution in [-0.4, -0.2) is 28.0 Å². The minimum absolute atomic E-state index is 0.241. The van der Waals surface area contributed by atoms with E-state index in [2.05, 4.69) is 10.3 Å². The van der Waals surface area contributed by atoms with Gasteiger partial charge in [-0.15, -0.1) is 0 Å². The van der Waals surface area contributed by atoms with E-state index < -0.39 is 23.3 Å². The molecule has 3 N–H and O–H groups in total. The molecule has 0 unspecified atom stereocenters. The number of hydrogen-bond donors (Lipinski definition) is 3. The maximum atomic E-state index is 11.8. The van der Waals surface area contributed by atoms with Crippen LogP contribution >= 0.6 is 11.6 Å². The molecule has 1 atom stereocenters. The number of nitrogens with one attached hydrogen (secondary N) is 2. The topological polar surface area (TPSA) is 82.2 Å². The first kappa shape index (κ1) is 13.6. The molecule has 0 aromatic carbocycles. The molecule has 5 nitrogen and oxygen atoms in total. The van der Waals surface area contributed by atoms with Gasteiger partial charge in [-0.2, -0.15) is 0 Å². The highest BCUT2D eigenvalue weighted by Gasteiger charge is 2.32. The fourth-order valence-electron chi connectivity index (χ4n) is 1.36. The fourth-order valence-corrected chi connectivity index (χ4v) is 1.52. The van der Waals surface area contributed by atoms with Gasteiger partial charge in [-0.25, -0.2) is 4.79 Å². The van der Waals surface area contributed by atoms with Crippen LogP contribution in [-0.2, 0) is 4.79 Å². The maximum Gasteiger partial charge on any atom is 0.326 e. The van der Waals surface area contributed by atoms with Crippen LogP contribution in [0.25, 0.3) is 0 Å². The van der Waals surface area contributed by atoms with E-state index in [1.807, 2.05) is 0 Å². The molecular weight excluding hydrogens is 244 g/mol. The third kappa shape index (κ3) is 3.49. The van der Waals surface area contributed by atoms with E-state index in [1.54, 1.807) is 20.8 Å². The molecule has 1 heterocycles. The molecule has 17 heavy (non-hydrogen) atoms. The summed E-state index contributed by atoms with van der Waals surface area (Å²) in [5.74, 6) is -1.55. The van der Waals surface area contributed by atoms with E-state index in [0.717, 1.165) is 0 Å². The number of H-pyrrole nitrogens is 1. The molecule has 0 spiro atoms. The minimum atomic E-state index is -1.07. The SMILES string of the molecule is CC(C)(C)[C@H](NC(=O)c1cc(Cl)c[nH]1)C(=O)O. The quantitative estimate of drug-likeness (QED) is 0.774. The zero-order valence-corrected chi connectivity index (χ0v) is 10.6. The Balaban J connectivity index is 2.82. The van der Waals surface area contributed by atoms with Crippen LogP contribution in [0.2, 0.25) is 5.02 Å². The average Bonchev–Trinajstić information content (AvgIpc) is 2.58. The smallest absolute Gasteiger partial charge is 0.326 e. The van der Waals surface area contributed by atoms with E-state index in [9.17, 15) is 9.59 Å². The second kappa shape index (κ2) is 4.79. The molecule has 1 aromatic heterocycles. The maximum absolute atomic E-state index is 11.8. The van der Waals surface area contributed by atoms with Gasteiger partial charge in [0, 0.05) is 6.20 Å². The molecule has 0 aliphatic carbocycles. The number of amides is 1. The standard InChI is InChI=1S/C11H15ClN2O3/c1-11(2,3)8(10(16)17)14-9(15)7-4-6(12)5-13-7/h4-5,8,13H,1-3H3,(H,14,15)(H,16,17)/t8-/m1/s1. The summed E-state index contributed by atoms with van der Waals surface area (Å²) < 4.78 is 0. The van der Waals surface area contributed by atoms with Gasteiger partial charge in [0.2, 0.25) is 0 Å². The molecule has 0 saturated heterocycles. The molecule has 1 amide bonds. The summed E-state index contributed by atoms with van der Waals surface area (Å²) in [6.45, 7) is 5.23. The van der Waals surface area contributed by atoms with Gasteiger partial charge in [0.15, 0.2) is 0 Å². The highest BCUT2D eigenvalue weighted by molar-refractivity contribution is 6.30. The van der Waals surface area contributed by atoms with Gasteiger partial charge in [0.05, 0.1) is 5.02 Å². The summed E-state index contributed by atoms with van der Waals surface area (Å²) in [6, 6.07) is 0.482. The van der Waals surface area contributed by atoms with Crippen LogP contribution in [0.3, 0.4) is 0 Å². The third-order valence-corrected chi connectivity index (χ3v) is 2.50. The lowest BCUT2D eigenvalue weighted by Gasteiger charge is -2.27. The number of hydrogen-bond acceptors (Lipinski definition) is 2. The van der Waals surface area contributed by atoms with Gasteiger partial charge < -0.3 is 15.4 Å². The Hall–Kier alpha value is -1.49. The number of halogens is 1. The second-order valence-corrected chi connectivity index (χ2v) is 5.28. The first-order valence-corrected chi connectivity index (χ1v) is 5.47. The summed E-state index contributed by atoms with van der Waals surface area (Å²) in [6.07, 6.45) is 1.46. The third-order valence-electron chi connectivity index (χ3n) is 2.28. The lowest BCUT2D eigenvalue weighted by atomic mass is 9.86. The molecule has 0 fully saturated rings. The molecule has 0 aliphatic rings. The Morgan fingerprint density at radius 3 is 2.41 bits per heavy atom. The Morgan fingerprint density at radius 1 is 1.47 bits per heavy atom. The summed E-state index contributed by atoms with van der Waals surface area (Å²) >= 11 is 5.67. The van der Waals surface area contributed by atoms with Crippen LogP contribution in [0.15, 0.2) is 12.3 Å². The molecule has 6 heteroatoms. The zero-order valence-electron chi connectivity index (χ0n) is 9.87. The van der Waals surface area contributed by atoms with Crippen molar-refractivity contribution in [2.75, 3.05) is 0 Å².